The van der Waals surface area contributed by atoms with Crippen molar-refractivity contribution in [3.05, 3.63) is 71.8 Å². The van der Waals surface area contributed by atoms with Crippen LogP contribution in [0.3, 0.4) is 0 Å². The number of hydrogen-bond acceptors (Lipinski definition) is 2. The van der Waals surface area contributed by atoms with Crippen LogP contribution in [0.25, 0.3) is 0 Å². The van der Waals surface area contributed by atoms with Crippen molar-refractivity contribution in [2.45, 2.75) is 31.3 Å². The molecule has 0 amide bonds. The van der Waals surface area contributed by atoms with Crippen LogP contribution in [0.15, 0.2) is 60.7 Å². The summed E-state index contributed by atoms with van der Waals surface area (Å²) >= 11 is 0. The molecular formula is C19H20O2. The van der Waals surface area contributed by atoms with Crippen LogP contribution in [0.1, 0.15) is 41.1 Å². The fraction of sp³-hybridized carbons (Fsp3) is 0.316. The Bertz CT molecular complexity index is 571. The van der Waals surface area contributed by atoms with Crippen LogP contribution in [0, 0.1) is 0 Å². The molecule has 0 aromatic heterocycles. The van der Waals surface area contributed by atoms with Gasteiger partial charge in [0.1, 0.15) is 0 Å². The lowest BCUT2D eigenvalue weighted by Gasteiger charge is -2.23. The summed E-state index contributed by atoms with van der Waals surface area (Å²) in [6, 6.07) is 19.8. The van der Waals surface area contributed by atoms with Gasteiger partial charge in [0.2, 0.25) is 0 Å². The molecule has 0 spiro atoms. The maximum Gasteiger partial charge on any atom is 0.163 e. The van der Waals surface area contributed by atoms with E-state index in [1.807, 2.05) is 48.5 Å². The number of carbonyl (C=O) groups is 1. The lowest BCUT2D eigenvalue weighted by Crippen LogP contribution is -2.21. The molecule has 0 bridgehead atoms. The zero-order valence-corrected chi connectivity index (χ0v) is 12.1. The second kappa shape index (κ2) is 6.68. The molecule has 3 rings (SSSR count). The first-order chi connectivity index (χ1) is 10.3. The van der Waals surface area contributed by atoms with E-state index < -0.39 is 0 Å². The van der Waals surface area contributed by atoms with E-state index in [0.29, 0.717) is 6.42 Å². The summed E-state index contributed by atoms with van der Waals surface area (Å²) in [4.78, 5) is 12.5. The first-order valence-electron chi connectivity index (χ1n) is 7.59. The van der Waals surface area contributed by atoms with Crippen LogP contribution >= 0.6 is 0 Å². The van der Waals surface area contributed by atoms with Gasteiger partial charge in [-0.25, -0.2) is 0 Å². The highest BCUT2D eigenvalue weighted by Gasteiger charge is 2.29. The minimum Gasteiger partial charge on any atom is -0.378 e. The molecule has 2 heteroatoms. The van der Waals surface area contributed by atoms with Gasteiger partial charge in [-0.2, -0.15) is 0 Å². The van der Waals surface area contributed by atoms with E-state index in [9.17, 15) is 4.79 Å². The number of rotatable bonds is 5. The second-order valence-corrected chi connectivity index (χ2v) is 5.56. The zero-order valence-electron chi connectivity index (χ0n) is 12.1. The van der Waals surface area contributed by atoms with Crippen LogP contribution < -0.4 is 0 Å². The Hall–Kier alpha value is -1.93. The highest BCUT2D eigenvalue weighted by Crippen LogP contribution is 2.32. The van der Waals surface area contributed by atoms with Crippen LogP contribution in [0.2, 0.25) is 0 Å². The first kappa shape index (κ1) is 14.0. The summed E-state index contributed by atoms with van der Waals surface area (Å²) < 4.78 is 5.85. The van der Waals surface area contributed by atoms with Crippen LogP contribution in [0.5, 0.6) is 0 Å². The van der Waals surface area contributed by atoms with Gasteiger partial charge in [-0.3, -0.25) is 4.79 Å². The van der Waals surface area contributed by atoms with E-state index in [1.165, 1.54) is 5.56 Å². The van der Waals surface area contributed by atoms with E-state index in [1.54, 1.807) is 0 Å². The van der Waals surface area contributed by atoms with Crippen molar-refractivity contribution in [1.82, 2.24) is 0 Å². The van der Waals surface area contributed by atoms with Crippen LogP contribution in [-0.4, -0.2) is 18.5 Å². The quantitative estimate of drug-likeness (QED) is 0.766. The van der Waals surface area contributed by atoms with Gasteiger partial charge in [0.25, 0.3) is 0 Å². The third kappa shape index (κ3) is 3.40. The molecule has 0 radical (unpaired) electrons. The molecule has 1 unspecified atom stereocenters. The Morgan fingerprint density at radius 1 is 1.05 bits per heavy atom. The highest BCUT2D eigenvalue weighted by molar-refractivity contribution is 5.96. The highest BCUT2D eigenvalue weighted by atomic mass is 16.5. The molecular weight excluding hydrogens is 260 g/mol. The molecule has 2 nitrogen and oxygen atoms in total. The molecule has 1 aliphatic heterocycles. The van der Waals surface area contributed by atoms with E-state index in [2.05, 4.69) is 12.1 Å². The molecule has 0 N–H and O–H groups in total. The molecule has 0 aliphatic carbocycles. The molecule has 1 saturated heterocycles. The van der Waals surface area contributed by atoms with Gasteiger partial charge in [0.15, 0.2) is 5.78 Å². The van der Waals surface area contributed by atoms with Gasteiger partial charge in [-0.05, 0) is 18.4 Å². The van der Waals surface area contributed by atoms with Crippen molar-refractivity contribution in [2.24, 2.45) is 0 Å². The molecule has 2 aromatic carbocycles. The van der Waals surface area contributed by atoms with Gasteiger partial charge >= 0.3 is 0 Å². The van der Waals surface area contributed by atoms with Crippen molar-refractivity contribution >= 4 is 5.78 Å². The van der Waals surface area contributed by atoms with Gasteiger partial charge in [0, 0.05) is 24.5 Å². The number of ether oxygens (including phenoxy) is 1. The zero-order chi connectivity index (χ0) is 14.5. The number of carbonyl (C=O) groups excluding carboxylic acids is 1. The van der Waals surface area contributed by atoms with E-state index in [-0.39, 0.29) is 17.8 Å². The van der Waals surface area contributed by atoms with E-state index in [0.717, 1.165) is 25.0 Å². The van der Waals surface area contributed by atoms with Crippen molar-refractivity contribution in [1.29, 1.82) is 0 Å². The van der Waals surface area contributed by atoms with Gasteiger partial charge in [0.05, 0.1) is 6.10 Å². The molecule has 1 aliphatic rings. The monoisotopic (exact) mass is 280 g/mol. The lowest BCUT2D eigenvalue weighted by atomic mass is 9.86. The third-order valence-electron chi connectivity index (χ3n) is 4.14. The van der Waals surface area contributed by atoms with Crippen molar-refractivity contribution in [3.8, 4) is 0 Å². The summed E-state index contributed by atoms with van der Waals surface area (Å²) in [7, 11) is 0. The summed E-state index contributed by atoms with van der Waals surface area (Å²) in [5.41, 5.74) is 1.99. The number of hydrogen-bond donors (Lipinski definition) is 0. The van der Waals surface area contributed by atoms with E-state index in [4.69, 9.17) is 4.74 Å². The smallest absolute Gasteiger partial charge is 0.163 e. The Labute approximate surface area is 125 Å². The molecule has 1 heterocycles. The third-order valence-corrected chi connectivity index (χ3v) is 4.14. The summed E-state index contributed by atoms with van der Waals surface area (Å²) in [6.07, 6.45) is 2.81. The summed E-state index contributed by atoms with van der Waals surface area (Å²) in [6.45, 7) is 0.813. The molecule has 1 fully saturated rings. The Morgan fingerprint density at radius 2 is 1.71 bits per heavy atom. The van der Waals surface area contributed by atoms with E-state index >= 15 is 0 Å². The van der Waals surface area contributed by atoms with Crippen molar-refractivity contribution in [2.75, 3.05) is 6.61 Å². The standard InChI is InChI=1S/C19H20O2/c20-18(16-10-5-2-6-11-16)14-17(19-12-7-13-21-19)15-8-3-1-4-9-15/h1-6,8-11,17,19H,7,12-14H2/t17?,19-/m0/s1. The van der Waals surface area contributed by atoms with Gasteiger partial charge in [-0.1, -0.05) is 60.7 Å². The maximum absolute atomic E-state index is 12.5. The largest absolute Gasteiger partial charge is 0.378 e. The molecule has 0 saturated carbocycles. The number of Topliss-reactive ketones (excluding diaryl/α,β-unsaturated/α-hetero) is 1. The van der Waals surface area contributed by atoms with Gasteiger partial charge < -0.3 is 4.74 Å². The van der Waals surface area contributed by atoms with Crippen LogP contribution in [0.4, 0.5) is 0 Å². The minimum atomic E-state index is 0.154. The first-order valence-corrected chi connectivity index (χ1v) is 7.59. The fourth-order valence-electron chi connectivity index (χ4n) is 3.03. The van der Waals surface area contributed by atoms with Gasteiger partial charge in [-0.15, -0.1) is 0 Å². The summed E-state index contributed by atoms with van der Waals surface area (Å²) in [5.74, 6) is 0.348. The lowest BCUT2D eigenvalue weighted by molar-refractivity contribution is 0.0758. The van der Waals surface area contributed by atoms with Crippen molar-refractivity contribution < 1.29 is 9.53 Å². The topological polar surface area (TPSA) is 26.3 Å². The minimum absolute atomic E-state index is 0.154. The molecule has 21 heavy (non-hydrogen) atoms. The predicted octanol–water partition coefficient (Wildman–Crippen LogP) is 4.22. The second-order valence-electron chi connectivity index (χ2n) is 5.56. The average molecular weight is 280 g/mol. The molecule has 2 aromatic rings. The number of benzene rings is 2. The average Bonchev–Trinajstić information content (AvgIpc) is 3.08. The predicted molar refractivity (Wildman–Crippen MR) is 83.5 cm³/mol. The normalized spacial score (nSPS) is 19.3. The number of ketones is 1. The van der Waals surface area contributed by atoms with Crippen LogP contribution in [-0.2, 0) is 4.74 Å². The Balaban J connectivity index is 1.81. The fourth-order valence-corrected chi connectivity index (χ4v) is 3.03. The summed E-state index contributed by atoms with van der Waals surface area (Å²) in [5, 5.41) is 0. The Morgan fingerprint density at radius 3 is 2.33 bits per heavy atom. The molecule has 2 atom stereocenters. The SMILES string of the molecule is O=C(CC(c1ccccc1)[C@@H]1CCCO1)c1ccccc1. The molecule has 108 valence electrons. The maximum atomic E-state index is 12.5. The Kier molecular flexibility index (Phi) is 4.46. The van der Waals surface area contributed by atoms with Crippen molar-refractivity contribution in [3.63, 3.8) is 0 Å².